The van der Waals surface area contributed by atoms with Gasteiger partial charge in [-0.1, -0.05) is 57.6 Å². The molecule has 1 heterocycles. The fourth-order valence-corrected chi connectivity index (χ4v) is 4.78. The topological polar surface area (TPSA) is 0 Å². The predicted octanol–water partition coefficient (Wildman–Crippen LogP) is 6.54. The molecule has 1 aromatic heterocycles. The summed E-state index contributed by atoms with van der Waals surface area (Å²) in [5, 5.41) is 0. The second-order valence-corrected chi connectivity index (χ2v) is 7.43. The smallest absolute Gasteiger partial charge is 0.0654 e. The van der Waals surface area contributed by atoms with Gasteiger partial charge >= 0.3 is 0 Å². The zero-order chi connectivity index (χ0) is 12.6. The molecule has 0 radical (unpaired) electrons. The number of hydrogen-bond acceptors (Lipinski definition) is 1. The molecular formula is C16H23S2+. The van der Waals surface area contributed by atoms with E-state index in [1.165, 1.54) is 60.8 Å². The normalized spacial score (nSPS) is 11.2. The number of unbranched alkanes of at least 4 members (excludes halogenated alkanes) is 6. The molecule has 0 saturated heterocycles. The van der Waals surface area contributed by atoms with Gasteiger partial charge in [-0.2, -0.15) is 0 Å². The molecule has 0 bridgehead atoms. The van der Waals surface area contributed by atoms with Crippen molar-refractivity contribution in [3.05, 3.63) is 28.5 Å². The van der Waals surface area contributed by atoms with Crippen LogP contribution in [0.15, 0.2) is 24.3 Å². The van der Waals surface area contributed by atoms with Crippen LogP contribution in [0.2, 0.25) is 0 Å². The lowest BCUT2D eigenvalue weighted by Gasteiger charge is -1.97. The molecule has 18 heavy (non-hydrogen) atoms. The summed E-state index contributed by atoms with van der Waals surface area (Å²) in [6.07, 6.45) is 11.1. The first-order valence-corrected chi connectivity index (χ1v) is 8.84. The molecule has 0 amide bonds. The van der Waals surface area contributed by atoms with E-state index in [0.717, 1.165) is 0 Å². The van der Waals surface area contributed by atoms with Crippen LogP contribution >= 0.6 is 22.7 Å². The average molecular weight is 279 g/mol. The van der Waals surface area contributed by atoms with E-state index in [1.807, 2.05) is 22.7 Å². The number of hydrogen-bond donors (Lipinski definition) is 0. The van der Waals surface area contributed by atoms with Crippen molar-refractivity contribution >= 4 is 32.1 Å². The fraction of sp³-hybridized carbons (Fsp3) is 0.562. The number of benzene rings is 1. The Kier molecular flexibility index (Phi) is 6.09. The standard InChI is InChI=1S/C16H23S2/c1-2-3-4-5-6-7-8-13-16-17-14-11-9-10-12-15(14)18-16/h9-12H,2-8,13H2,1H3/q+1. The lowest BCUT2D eigenvalue weighted by molar-refractivity contribution is 0.591. The molecule has 2 heteroatoms. The highest BCUT2D eigenvalue weighted by molar-refractivity contribution is 7.38. The van der Waals surface area contributed by atoms with E-state index >= 15 is 0 Å². The third-order valence-corrected chi connectivity index (χ3v) is 5.93. The fourth-order valence-electron chi connectivity index (χ4n) is 2.21. The molecule has 1 aromatic carbocycles. The van der Waals surface area contributed by atoms with Gasteiger partial charge in [-0.25, -0.2) is 0 Å². The lowest BCUT2D eigenvalue weighted by atomic mass is 10.1. The van der Waals surface area contributed by atoms with Gasteiger partial charge in [-0.05, 0) is 18.6 Å². The van der Waals surface area contributed by atoms with Crippen molar-refractivity contribution < 1.29 is 0 Å². The third kappa shape index (κ3) is 4.33. The lowest BCUT2D eigenvalue weighted by Crippen LogP contribution is -1.82. The van der Waals surface area contributed by atoms with Crippen molar-refractivity contribution in [2.24, 2.45) is 0 Å². The molecular weight excluding hydrogens is 256 g/mol. The second-order valence-electron chi connectivity index (χ2n) is 4.89. The summed E-state index contributed by atoms with van der Waals surface area (Å²) in [6.45, 7) is 2.28. The Balaban J connectivity index is 1.67. The van der Waals surface area contributed by atoms with Crippen LogP contribution < -0.4 is 0 Å². The molecule has 0 nitrogen and oxygen atoms in total. The summed E-state index contributed by atoms with van der Waals surface area (Å²) in [4.78, 5) is 0. The molecule has 2 aromatic rings. The Labute approximate surface area is 119 Å². The summed E-state index contributed by atoms with van der Waals surface area (Å²) in [5.74, 6) is 0. The van der Waals surface area contributed by atoms with Crippen LogP contribution in [0.3, 0.4) is 0 Å². The van der Waals surface area contributed by atoms with Gasteiger partial charge < -0.3 is 0 Å². The monoisotopic (exact) mass is 279 g/mol. The third-order valence-electron chi connectivity index (χ3n) is 3.28. The van der Waals surface area contributed by atoms with Crippen LogP contribution in [-0.2, 0) is 6.42 Å². The van der Waals surface area contributed by atoms with Crippen LogP contribution in [0.1, 0.15) is 56.1 Å². The van der Waals surface area contributed by atoms with Gasteiger partial charge in [0.25, 0.3) is 4.19 Å². The largest absolute Gasteiger partial charge is 0.255 e. The molecule has 0 aliphatic heterocycles. The van der Waals surface area contributed by atoms with E-state index in [-0.39, 0.29) is 0 Å². The van der Waals surface area contributed by atoms with Crippen molar-refractivity contribution in [3.63, 3.8) is 0 Å². The maximum absolute atomic E-state index is 2.28. The van der Waals surface area contributed by atoms with E-state index in [9.17, 15) is 0 Å². The highest BCUT2D eigenvalue weighted by Crippen LogP contribution is 2.32. The second kappa shape index (κ2) is 7.85. The number of aryl methyl sites for hydroxylation is 1. The van der Waals surface area contributed by atoms with Crippen molar-refractivity contribution in [1.82, 2.24) is 0 Å². The summed E-state index contributed by atoms with van der Waals surface area (Å²) < 4.78 is 4.52. The molecule has 0 N–H and O–H groups in total. The summed E-state index contributed by atoms with van der Waals surface area (Å²) in [6, 6.07) is 8.77. The van der Waals surface area contributed by atoms with E-state index in [0.29, 0.717) is 0 Å². The summed E-state index contributed by atoms with van der Waals surface area (Å²) in [5.41, 5.74) is 0. The van der Waals surface area contributed by atoms with Gasteiger partial charge in [0.05, 0.1) is 22.7 Å². The first kappa shape index (κ1) is 14.0. The summed E-state index contributed by atoms with van der Waals surface area (Å²) >= 11 is 3.98. The molecule has 0 spiro atoms. The molecule has 0 aliphatic carbocycles. The van der Waals surface area contributed by atoms with Crippen LogP contribution in [0, 0.1) is 0 Å². The molecule has 0 saturated carbocycles. The van der Waals surface area contributed by atoms with Crippen molar-refractivity contribution in [3.8, 4) is 0 Å². The Morgan fingerprint density at radius 1 is 0.944 bits per heavy atom. The van der Waals surface area contributed by atoms with Crippen LogP contribution in [0.5, 0.6) is 0 Å². The highest BCUT2D eigenvalue weighted by atomic mass is 32.2. The SMILES string of the molecule is CCCCCCCCCc1sc2ccccc2[s+]1. The van der Waals surface area contributed by atoms with Crippen molar-refractivity contribution in [2.75, 3.05) is 0 Å². The van der Waals surface area contributed by atoms with E-state index in [2.05, 4.69) is 31.2 Å². The van der Waals surface area contributed by atoms with Gasteiger partial charge in [0.1, 0.15) is 0 Å². The Morgan fingerprint density at radius 2 is 1.67 bits per heavy atom. The highest BCUT2D eigenvalue weighted by Gasteiger charge is 2.14. The van der Waals surface area contributed by atoms with Gasteiger partial charge in [-0.15, -0.1) is 0 Å². The molecule has 0 atom stereocenters. The minimum absolute atomic E-state index is 1.29. The summed E-state index contributed by atoms with van der Waals surface area (Å²) in [7, 11) is 0. The van der Waals surface area contributed by atoms with Gasteiger partial charge in [0, 0.05) is 6.42 Å². The average Bonchev–Trinajstić information content (AvgIpc) is 2.80. The quantitative estimate of drug-likeness (QED) is 0.380. The first-order chi connectivity index (χ1) is 8.90. The van der Waals surface area contributed by atoms with Crippen LogP contribution in [-0.4, -0.2) is 0 Å². The Hall–Kier alpha value is -0.470. The van der Waals surface area contributed by atoms with Gasteiger partial charge in [-0.3, -0.25) is 0 Å². The Bertz CT molecular complexity index is 426. The number of rotatable bonds is 8. The van der Waals surface area contributed by atoms with Crippen molar-refractivity contribution in [1.29, 1.82) is 0 Å². The predicted molar refractivity (Wildman–Crippen MR) is 85.8 cm³/mol. The van der Waals surface area contributed by atoms with E-state index in [4.69, 9.17) is 0 Å². The van der Waals surface area contributed by atoms with Crippen molar-refractivity contribution in [2.45, 2.75) is 58.3 Å². The van der Waals surface area contributed by atoms with Crippen LogP contribution in [0.25, 0.3) is 9.40 Å². The molecule has 98 valence electrons. The van der Waals surface area contributed by atoms with E-state index < -0.39 is 0 Å². The van der Waals surface area contributed by atoms with Crippen LogP contribution in [0.4, 0.5) is 0 Å². The van der Waals surface area contributed by atoms with E-state index in [1.54, 1.807) is 4.19 Å². The minimum Gasteiger partial charge on any atom is -0.0654 e. The maximum Gasteiger partial charge on any atom is 0.255 e. The zero-order valence-electron chi connectivity index (χ0n) is 11.3. The van der Waals surface area contributed by atoms with Gasteiger partial charge in [0.15, 0.2) is 9.40 Å². The molecule has 0 unspecified atom stereocenters. The molecule has 0 fully saturated rings. The molecule has 0 aliphatic rings. The zero-order valence-corrected chi connectivity index (χ0v) is 12.9. The number of fused-ring (bicyclic) bond motifs is 1. The Morgan fingerprint density at radius 3 is 2.44 bits per heavy atom. The maximum atomic E-state index is 2.28. The van der Waals surface area contributed by atoms with Gasteiger partial charge in [0.2, 0.25) is 0 Å². The molecule has 2 rings (SSSR count). The minimum atomic E-state index is 1.29. The first-order valence-electron chi connectivity index (χ1n) is 7.20.